The van der Waals surface area contributed by atoms with Crippen molar-refractivity contribution in [1.82, 2.24) is 13.9 Å². The number of sulfonamides is 1. The molecule has 0 aliphatic carbocycles. The Morgan fingerprint density at radius 1 is 1.15 bits per heavy atom. The van der Waals surface area contributed by atoms with Crippen LogP contribution in [0.1, 0.15) is 37.6 Å². The predicted octanol–water partition coefficient (Wildman–Crippen LogP) is 1.87. The summed E-state index contributed by atoms with van der Waals surface area (Å²) in [6.07, 6.45) is 0.359. The van der Waals surface area contributed by atoms with Gasteiger partial charge in [0.25, 0.3) is 5.56 Å². The molecule has 1 aromatic carbocycles. The Kier molecular flexibility index (Phi) is 4.90. The standard InChI is InChI=1S/C19H26N4O3S/c1-19(2,3)13-6-8-14(9-7-13)27(25,26)23-11-10-15-16(12-23)21-18(20-4)22(5)17(15)24/h6-9H,10-12H2,1-5H3,(H,20,21). The molecule has 0 amide bonds. The molecule has 0 bridgehead atoms. The summed E-state index contributed by atoms with van der Waals surface area (Å²) in [7, 11) is -0.309. The van der Waals surface area contributed by atoms with Crippen LogP contribution in [0.2, 0.25) is 0 Å². The summed E-state index contributed by atoms with van der Waals surface area (Å²) in [5, 5.41) is 2.88. The third kappa shape index (κ3) is 3.51. The zero-order valence-electron chi connectivity index (χ0n) is 16.4. The van der Waals surface area contributed by atoms with E-state index in [1.807, 2.05) is 12.1 Å². The van der Waals surface area contributed by atoms with Crippen molar-refractivity contribution in [2.75, 3.05) is 18.9 Å². The fraction of sp³-hybridized carbons (Fsp3) is 0.474. The Morgan fingerprint density at radius 2 is 1.78 bits per heavy atom. The van der Waals surface area contributed by atoms with Crippen molar-refractivity contribution in [2.24, 2.45) is 7.05 Å². The van der Waals surface area contributed by atoms with Crippen molar-refractivity contribution >= 4 is 16.0 Å². The molecule has 0 saturated carbocycles. The van der Waals surface area contributed by atoms with Crippen molar-refractivity contribution in [1.29, 1.82) is 0 Å². The van der Waals surface area contributed by atoms with E-state index >= 15 is 0 Å². The minimum atomic E-state index is -3.65. The molecule has 2 aromatic rings. The molecule has 1 aliphatic rings. The minimum Gasteiger partial charge on any atom is -0.359 e. The number of anilines is 1. The van der Waals surface area contributed by atoms with Gasteiger partial charge < -0.3 is 5.32 Å². The van der Waals surface area contributed by atoms with Crippen LogP contribution in [0.25, 0.3) is 0 Å². The van der Waals surface area contributed by atoms with E-state index in [1.165, 1.54) is 8.87 Å². The molecule has 3 rings (SSSR count). The molecule has 0 saturated heterocycles. The summed E-state index contributed by atoms with van der Waals surface area (Å²) in [5.41, 5.74) is 2.01. The van der Waals surface area contributed by atoms with Gasteiger partial charge in [-0.05, 0) is 29.5 Å². The van der Waals surface area contributed by atoms with Gasteiger partial charge in [0.2, 0.25) is 16.0 Å². The fourth-order valence-electron chi connectivity index (χ4n) is 3.26. The van der Waals surface area contributed by atoms with E-state index in [4.69, 9.17) is 0 Å². The second-order valence-electron chi connectivity index (χ2n) is 7.84. The highest BCUT2D eigenvalue weighted by atomic mass is 32.2. The molecule has 1 aliphatic heterocycles. The third-order valence-corrected chi connectivity index (χ3v) is 6.85. The van der Waals surface area contributed by atoms with Crippen LogP contribution in [-0.4, -0.2) is 35.9 Å². The van der Waals surface area contributed by atoms with Gasteiger partial charge in [0, 0.05) is 26.2 Å². The summed E-state index contributed by atoms with van der Waals surface area (Å²) in [6.45, 7) is 6.63. The summed E-state index contributed by atoms with van der Waals surface area (Å²) in [4.78, 5) is 17.2. The Labute approximate surface area is 160 Å². The van der Waals surface area contributed by atoms with Gasteiger partial charge in [0.15, 0.2) is 0 Å². The molecule has 7 nitrogen and oxygen atoms in total. The normalized spacial score (nSPS) is 15.4. The SMILES string of the molecule is CNc1nc2c(c(=O)n1C)CCN(S(=O)(=O)c1ccc(C(C)(C)C)cc1)C2. The number of benzene rings is 1. The highest BCUT2D eigenvalue weighted by Crippen LogP contribution is 2.27. The zero-order chi connectivity index (χ0) is 20.0. The van der Waals surface area contributed by atoms with Crippen molar-refractivity contribution in [3.8, 4) is 0 Å². The first-order valence-electron chi connectivity index (χ1n) is 8.93. The van der Waals surface area contributed by atoms with Crippen molar-refractivity contribution < 1.29 is 8.42 Å². The molecule has 146 valence electrons. The van der Waals surface area contributed by atoms with E-state index in [2.05, 4.69) is 31.1 Å². The molecule has 0 atom stereocenters. The van der Waals surface area contributed by atoms with Crippen LogP contribution in [-0.2, 0) is 35.5 Å². The van der Waals surface area contributed by atoms with Crippen LogP contribution in [0, 0.1) is 0 Å². The maximum Gasteiger partial charge on any atom is 0.258 e. The second kappa shape index (κ2) is 6.76. The number of aromatic nitrogens is 2. The van der Waals surface area contributed by atoms with Gasteiger partial charge in [-0.25, -0.2) is 13.4 Å². The first-order valence-corrected chi connectivity index (χ1v) is 10.4. The van der Waals surface area contributed by atoms with Crippen LogP contribution in [0.4, 0.5) is 5.95 Å². The first kappa shape index (κ1) is 19.6. The van der Waals surface area contributed by atoms with Crippen LogP contribution in [0.5, 0.6) is 0 Å². The average molecular weight is 391 g/mol. The Bertz CT molecular complexity index is 1020. The van der Waals surface area contributed by atoms with E-state index in [0.29, 0.717) is 23.6 Å². The Morgan fingerprint density at radius 3 is 2.33 bits per heavy atom. The monoisotopic (exact) mass is 390 g/mol. The van der Waals surface area contributed by atoms with Crippen LogP contribution in [0.3, 0.4) is 0 Å². The molecule has 0 radical (unpaired) electrons. The maximum atomic E-state index is 13.1. The predicted molar refractivity (Wildman–Crippen MR) is 105 cm³/mol. The molecule has 0 fully saturated rings. The van der Waals surface area contributed by atoms with E-state index in [0.717, 1.165) is 5.56 Å². The topological polar surface area (TPSA) is 84.3 Å². The smallest absolute Gasteiger partial charge is 0.258 e. The van der Waals surface area contributed by atoms with Crippen molar-refractivity contribution in [2.45, 2.75) is 44.0 Å². The number of nitrogens with zero attached hydrogens (tertiary/aromatic N) is 3. The quantitative estimate of drug-likeness (QED) is 0.865. The van der Waals surface area contributed by atoms with Crippen LogP contribution >= 0.6 is 0 Å². The number of rotatable bonds is 3. The lowest BCUT2D eigenvalue weighted by Gasteiger charge is -2.28. The van der Waals surface area contributed by atoms with Crippen molar-refractivity contribution in [3.63, 3.8) is 0 Å². The molecule has 8 heteroatoms. The Hall–Kier alpha value is -2.19. The molecule has 27 heavy (non-hydrogen) atoms. The van der Waals surface area contributed by atoms with Gasteiger partial charge in [-0.15, -0.1) is 0 Å². The zero-order valence-corrected chi connectivity index (χ0v) is 17.2. The van der Waals surface area contributed by atoms with Gasteiger partial charge in [0.1, 0.15) is 0 Å². The van der Waals surface area contributed by atoms with Crippen LogP contribution < -0.4 is 10.9 Å². The lowest BCUT2D eigenvalue weighted by Crippen LogP contribution is -2.40. The van der Waals surface area contributed by atoms with E-state index in [-0.39, 0.29) is 29.0 Å². The summed E-state index contributed by atoms with van der Waals surface area (Å²) in [5.74, 6) is 0.424. The van der Waals surface area contributed by atoms with Gasteiger partial charge in [0.05, 0.1) is 17.1 Å². The molecule has 0 unspecified atom stereocenters. The number of hydrogen-bond acceptors (Lipinski definition) is 5. The fourth-order valence-corrected chi connectivity index (χ4v) is 4.66. The van der Waals surface area contributed by atoms with E-state index < -0.39 is 10.0 Å². The van der Waals surface area contributed by atoms with E-state index in [9.17, 15) is 13.2 Å². The first-order chi connectivity index (χ1) is 12.6. The van der Waals surface area contributed by atoms with Gasteiger partial charge in [-0.3, -0.25) is 9.36 Å². The molecule has 1 aromatic heterocycles. The molecule has 1 N–H and O–H groups in total. The summed E-state index contributed by atoms with van der Waals surface area (Å²) in [6, 6.07) is 7.03. The van der Waals surface area contributed by atoms with Gasteiger partial charge >= 0.3 is 0 Å². The van der Waals surface area contributed by atoms with Crippen LogP contribution in [0.15, 0.2) is 34.0 Å². The third-order valence-electron chi connectivity index (χ3n) is 4.99. The maximum absolute atomic E-state index is 13.1. The Balaban J connectivity index is 1.94. The largest absolute Gasteiger partial charge is 0.359 e. The molecular formula is C19H26N4O3S. The lowest BCUT2D eigenvalue weighted by atomic mass is 9.87. The van der Waals surface area contributed by atoms with Gasteiger partial charge in [-0.1, -0.05) is 32.9 Å². The average Bonchev–Trinajstić information content (AvgIpc) is 2.63. The number of nitrogens with one attached hydrogen (secondary N) is 1. The van der Waals surface area contributed by atoms with Crippen molar-refractivity contribution in [3.05, 3.63) is 51.4 Å². The van der Waals surface area contributed by atoms with E-state index in [1.54, 1.807) is 26.2 Å². The summed E-state index contributed by atoms with van der Waals surface area (Å²) < 4.78 is 29.0. The molecule has 2 heterocycles. The van der Waals surface area contributed by atoms with Gasteiger partial charge in [-0.2, -0.15) is 4.31 Å². The molecule has 0 spiro atoms. The minimum absolute atomic E-state index is 0.0418. The number of fused-ring (bicyclic) bond motifs is 1. The number of hydrogen-bond donors (Lipinski definition) is 1. The highest BCUT2D eigenvalue weighted by molar-refractivity contribution is 7.89. The summed E-state index contributed by atoms with van der Waals surface area (Å²) >= 11 is 0. The molecular weight excluding hydrogens is 364 g/mol. The lowest BCUT2D eigenvalue weighted by molar-refractivity contribution is 0.382. The second-order valence-corrected chi connectivity index (χ2v) is 9.78. The highest BCUT2D eigenvalue weighted by Gasteiger charge is 2.31.